The van der Waals surface area contributed by atoms with Gasteiger partial charge in [0.15, 0.2) is 0 Å². The third-order valence-electron chi connectivity index (χ3n) is 3.46. The maximum atomic E-state index is 12.3. The third kappa shape index (κ3) is 3.38. The van der Waals surface area contributed by atoms with Crippen LogP contribution in [0, 0.1) is 21.4 Å². The number of carbonyl (C=O) groups excluding carboxylic acids is 1. The van der Waals surface area contributed by atoms with E-state index < -0.39 is 10.8 Å². The van der Waals surface area contributed by atoms with Gasteiger partial charge in [0.05, 0.1) is 4.92 Å². The van der Waals surface area contributed by atoms with Crippen molar-refractivity contribution in [2.75, 3.05) is 5.32 Å². The van der Waals surface area contributed by atoms with Crippen LogP contribution in [0.15, 0.2) is 65.1 Å². The van der Waals surface area contributed by atoms with Gasteiger partial charge in [-0.15, -0.1) is 0 Å². The molecule has 1 heterocycles. The molecule has 1 aromatic heterocycles. The van der Waals surface area contributed by atoms with Gasteiger partial charge in [0.1, 0.15) is 17.4 Å². The van der Waals surface area contributed by atoms with E-state index in [0.29, 0.717) is 5.76 Å². The molecule has 122 valence electrons. The Kier molecular flexibility index (Phi) is 4.26. The van der Waals surface area contributed by atoms with Crippen LogP contribution in [0.1, 0.15) is 15.9 Å². The van der Waals surface area contributed by atoms with Crippen molar-refractivity contribution in [3.8, 4) is 17.4 Å². The van der Waals surface area contributed by atoms with E-state index in [0.717, 1.165) is 11.6 Å². The molecule has 0 saturated carbocycles. The molecule has 0 saturated heterocycles. The second-order valence-corrected chi connectivity index (χ2v) is 5.09. The summed E-state index contributed by atoms with van der Waals surface area (Å²) < 4.78 is 5.57. The molecule has 3 rings (SSSR count). The summed E-state index contributed by atoms with van der Waals surface area (Å²) in [5, 5.41) is 22.5. The molecule has 0 aliphatic heterocycles. The number of nitro groups is 1. The highest BCUT2D eigenvalue weighted by Crippen LogP contribution is 2.29. The highest BCUT2D eigenvalue weighted by atomic mass is 16.6. The Balaban J connectivity index is 1.89. The van der Waals surface area contributed by atoms with Crippen molar-refractivity contribution in [3.05, 3.63) is 81.9 Å². The van der Waals surface area contributed by atoms with Crippen molar-refractivity contribution in [2.45, 2.75) is 0 Å². The minimum atomic E-state index is -0.603. The van der Waals surface area contributed by atoms with Gasteiger partial charge in [0, 0.05) is 29.3 Å². The highest BCUT2D eigenvalue weighted by Gasteiger charge is 2.17. The Morgan fingerprint density at radius 3 is 2.56 bits per heavy atom. The summed E-state index contributed by atoms with van der Waals surface area (Å²) >= 11 is 0. The Morgan fingerprint density at radius 1 is 1.12 bits per heavy atom. The summed E-state index contributed by atoms with van der Waals surface area (Å²) in [6.45, 7) is 0. The minimum absolute atomic E-state index is 0.00198. The van der Waals surface area contributed by atoms with Gasteiger partial charge < -0.3 is 4.42 Å². The first-order valence-electron chi connectivity index (χ1n) is 7.23. The molecule has 7 heteroatoms. The molecule has 7 nitrogen and oxygen atoms in total. The lowest BCUT2D eigenvalue weighted by Gasteiger charge is -2.03. The van der Waals surface area contributed by atoms with Crippen LogP contribution < -0.4 is 5.32 Å². The van der Waals surface area contributed by atoms with Gasteiger partial charge in [0.25, 0.3) is 11.6 Å². The average Bonchev–Trinajstić information content (AvgIpc) is 3.05. The summed E-state index contributed by atoms with van der Waals surface area (Å²) in [5.74, 6) is -0.168. The number of nitrogens with zero attached hydrogens (tertiary/aromatic N) is 2. The topological polar surface area (TPSA) is 109 Å². The molecule has 0 bridgehead atoms. The fourth-order valence-corrected chi connectivity index (χ4v) is 2.25. The van der Waals surface area contributed by atoms with E-state index in [1.807, 2.05) is 36.4 Å². The van der Waals surface area contributed by atoms with E-state index in [-0.39, 0.29) is 22.7 Å². The van der Waals surface area contributed by atoms with Crippen molar-refractivity contribution in [3.63, 3.8) is 0 Å². The molecule has 3 aromatic rings. The summed E-state index contributed by atoms with van der Waals surface area (Å²) in [6.07, 6.45) is 0. The van der Waals surface area contributed by atoms with Gasteiger partial charge in [0.2, 0.25) is 5.88 Å². The first-order chi connectivity index (χ1) is 12.1. The lowest BCUT2D eigenvalue weighted by molar-refractivity contribution is -0.384. The fraction of sp³-hybridized carbons (Fsp3) is 0. The lowest BCUT2D eigenvalue weighted by Crippen LogP contribution is -2.12. The number of nitrogens with one attached hydrogen (secondary N) is 1. The lowest BCUT2D eigenvalue weighted by atomic mass is 10.1. The number of furan rings is 1. The van der Waals surface area contributed by atoms with Gasteiger partial charge >= 0.3 is 0 Å². The number of nitriles is 1. The zero-order valence-corrected chi connectivity index (χ0v) is 12.8. The Labute approximate surface area is 142 Å². The van der Waals surface area contributed by atoms with Crippen LogP contribution in [0.2, 0.25) is 0 Å². The number of benzene rings is 2. The second-order valence-electron chi connectivity index (χ2n) is 5.09. The molecular weight excluding hydrogens is 322 g/mol. The van der Waals surface area contributed by atoms with Crippen molar-refractivity contribution < 1.29 is 14.1 Å². The predicted molar refractivity (Wildman–Crippen MR) is 89.9 cm³/mol. The first kappa shape index (κ1) is 16.0. The van der Waals surface area contributed by atoms with E-state index in [2.05, 4.69) is 5.32 Å². The molecule has 0 aliphatic carbocycles. The van der Waals surface area contributed by atoms with Crippen LogP contribution in [0.25, 0.3) is 11.3 Å². The Bertz CT molecular complexity index is 987. The van der Waals surface area contributed by atoms with Crippen molar-refractivity contribution in [1.29, 1.82) is 5.26 Å². The highest BCUT2D eigenvalue weighted by molar-refractivity contribution is 6.04. The van der Waals surface area contributed by atoms with Gasteiger partial charge in [-0.1, -0.05) is 36.4 Å². The van der Waals surface area contributed by atoms with Crippen LogP contribution in [0.3, 0.4) is 0 Å². The monoisotopic (exact) mass is 333 g/mol. The average molecular weight is 333 g/mol. The standard InChI is InChI=1S/C18H11N3O4/c19-11-14-10-16(12-5-2-1-3-6-12)25-18(14)20-17(22)13-7-4-8-15(9-13)21(23)24/h1-10H,(H,20,22). The third-order valence-corrected chi connectivity index (χ3v) is 3.46. The molecule has 0 aliphatic rings. The molecule has 0 radical (unpaired) electrons. The summed E-state index contributed by atoms with van der Waals surface area (Å²) in [7, 11) is 0. The van der Waals surface area contributed by atoms with Crippen molar-refractivity contribution in [1.82, 2.24) is 0 Å². The predicted octanol–water partition coefficient (Wildman–Crippen LogP) is 3.98. The Morgan fingerprint density at radius 2 is 1.88 bits per heavy atom. The second kappa shape index (κ2) is 6.68. The first-order valence-corrected chi connectivity index (χ1v) is 7.23. The Hall–Kier alpha value is -3.92. The van der Waals surface area contributed by atoms with E-state index in [4.69, 9.17) is 4.42 Å². The number of non-ortho nitro benzene ring substituents is 1. The van der Waals surface area contributed by atoms with Crippen LogP contribution in [0.5, 0.6) is 0 Å². The maximum absolute atomic E-state index is 12.3. The van der Waals surface area contributed by atoms with Crippen LogP contribution in [0.4, 0.5) is 11.6 Å². The maximum Gasteiger partial charge on any atom is 0.270 e. The number of hydrogen-bond acceptors (Lipinski definition) is 5. The molecule has 0 atom stereocenters. The molecule has 1 N–H and O–H groups in total. The SMILES string of the molecule is N#Cc1cc(-c2ccccc2)oc1NC(=O)c1cccc([N+](=O)[O-])c1. The van der Waals surface area contributed by atoms with Gasteiger partial charge in [-0.05, 0) is 6.07 Å². The van der Waals surface area contributed by atoms with Crippen molar-refractivity contribution in [2.24, 2.45) is 0 Å². The number of hydrogen-bond donors (Lipinski definition) is 1. The van der Waals surface area contributed by atoms with Gasteiger partial charge in [-0.2, -0.15) is 5.26 Å². The summed E-state index contributed by atoms with van der Waals surface area (Å²) in [5.41, 5.74) is 0.820. The van der Waals surface area contributed by atoms with Crippen LogP contribution in [-0.2, 0) is 0 Å². The quantitative estimate of drug-likeness (QED) is 0.573. The number of nitro benzene ring substituents is 1. The van der Waals surface area contributed by atoms with E-state index in [9.17, 15) is 20.2 Å². The molecule has 25 heavy (non-hydrogen) atoms. The number of amides is 1. The zero-order valence-electron chi connectivity index (χ0n) is 12.8. The van der Waals surface area contributed by atoms with Crippen LogP contribution >= 0.6 is 0 Å². The van der Waals surface area contributed by atoms with Gasteiger partial charge in [-0.3, -0.25) is 20.2 Å². The molecule has 1 amide bonds. The molecule has 0 fully saturated rings. The van der Waals surface area contributed by atoms with E-state index in [1.165, 1.54) is 24.3 Å². The fourth-order valence-electron chi connectivity index (χ4n) is 2.25. The zero-order chi connectivity index (χ0) is 17.8. The van der Waals surface area contributed by atoms with E-state index in [1.54, 1.807) is 0 Å². The number of anilines is 1. The van der Waals surface area contributed by atoms with Gasteiger partial charge in [-0.25, -0.2) is 0 Å². The van der Waals surface area contributed by atoms with E-state index >= 15 is 0 Å². The molecule has 0 spiro atoms. The largest absolute Gasteiger partial charge is 0.439 e. The smallest absolute Gasteiger partial charge is 0.270 e. The summed E-state index contributed by atoms with van der Waals surface area (Å²) in [6, 6.07) is 17.9. The number of carbonyl (C=O) groups is 1. The summed E-state index contributed by atoms with van der Waals surface area (Å²) in [4.78, 5) is 22.5. The molecule has 2 aromatic carbocycles. The normalized spacial score (nSPS) is 10.0. The van der Waals surface area contributed by atoms with Crippen LogP contribution in [-0.4, -0.2) is 10.8 Å². The molecular formula is C18H11N3O4. The van der Waals surface area contributed by atoms with Crippen molar-refractivity contribution >= 4 is 17.5 Å². The minimum Gasteiger partial charge on any atom is -0.439 e. The molecule has 0 unspecified atom stereocenters. The number of rotatable bonds is 4.